The normalized spacial score (nSPS) is 13.1. The molecule has 2 aromatic rings. The molecule has 0 radical (unpaired) electrons. The summed E-state index contributed by atoms with van der Waals surface area (Å²) in [5, 5.41) is 1.84. The summed E-state index contributed by atoms with van der Waals surface area (Å²) in [6.45, 7) is 0. The van der Waals surface area contributed by atoms with Crippen LogP contribution in [0, 0.1) is 0 Å². The lowest BCUT2D eigenvalue weighted by Gasteiger charge is -2.02. The number of imide groups is 1. The lowest BCUT2D eigenvalue weighted by molar-refractivity contribution is 0.0693. The van der Waals surface area contributed by atoms with Gasteiger partial charge in [-0.3, -0.25) is 14.5 Å². The summed E-state index contributed by atoms with van der Waals surface area (Å²) in [6.07, 6.45) is 1.67. The highest BCUT2D eigenvalue weighted by Crippen LogP contribution is 2.20. The number of carbonyl (C=O) groups excluding carboxylic acids is 2. The van der Waals surface area contributed by atoms with Crippen LogP contribution in [0.3, 0.4) is 0 Å². The van der Waals surface area contributed by atoms with E-state index >= 15 is 0 Å². The van der Waals surface area contributed by atoms with Crippen LogP contribution in [-0.4, -0.2) is 28.7 Å². The maximum Gasteiger partial charge on any atom is 0.261 e. The maximum absolute atomic E-state index is 11.3. The van der Waals surface area contributed by atoms with Crippen molar-refractivity contribution in [2.75, 3.05) is 7.05 Å². The fourth-order valence-electron chi connectivity index (χ4n) is 1.52. The van der Waals surface area contributed by atoms with E-state index in [1.807, 2.05) is 5.38 Å². The monoisotopic (exact) mass is 280 g/mol. The van der Waals surface area contributed by atoms with Crippen molar-refractivity contribution in [2.45, 2.75) is 0 Å². The molecule has 1 aliphatic heterocycles. The molecule has 0 atom stereocenters. The van der Waals surface area contributed by atoms with Gasteiger partial charge in [0.05, 0.1) is 11.1 Å². The topological polar surface area (TPSA) is 50.3 Å². The van der Waals surface area contributed by atoms with Crippen molar-refractivity contribution in [1.82, 2.24) is 9.88 Å². The average Bonchev–Trinajstić information content (AvgIpc) is 2.94. The summed E-state index contributed by atoms with van der Waals surface area (Å²) >= 11 is 6.79. The van der Waals surface area contributed by atoms with Gasteiger partial charge in [0, 0.05) is 18.6 Å². The molecule has 0 saturated heterocycles. The van der Waals surface area contributed by atoms with Gasteiger partial charge in [-0.25, -0.2) is 4.98 Å². The SMILES string of the molecule is CN1C(=O)c2ccccc2C1=O.Clc1nccs1. The van der Waals surface area contributed by atoms with E-state index in [2.05, 4.69) is 4.98 Å². The summed E-state index contributed by atoms with van der Waals surface area (Å²) < 4.78 is 0.606. The second-order valence-electron chi connectivity index (χ2n) is 3.50. The first-order valence-corrected chi connectivity index (χ1v) is 6.33. The van der Waals surface area contributed by atoms with Gasteiger partial charge < -0.3 is 0 Å². The molecule has 0 saturated carbocycles. The van der Waals surface area contributed by atoms with Crippen LogP contribution >= 0.6 is 22.9 Å². The van der Waals surface area contributed by atoms with Crippen LogP contribution in [-0.2, 0) is 0 Å². The highest BCUT2D eigenvalue weighted by atomic mass is 35.5. The fourth-order valence-corrected chi connectivity index (χ4v) is 2.08. The van der Waals surface area contributed by atoms with E-state index in [9.17, 15) is 9.59 Å². The molecule has 0 unspecified atom stereocenters. The molecule has 4 nitrogen and oxygen atoms in total. The number of thiazole rings is 1. The molecule has 1 aliphatic rings. The lowest BCUT2D eigenvalue weighted by atomic mass is 10.1. The molecule has 0 bridgehead atoms. The molecule has 0 fully saturated rings. The minimum absolute atomic E-state index is 0.212. The second kappa shape index (κ2) is 5.29. The second-order valence-corrected chi connectivity index (χ2v) is 4.98. The number of halogens is 1. The van der Waals surface area contributed by atoms with Crippen molar-refractivity contribution in [1.29, 1.82) is 0 Å². The minimum Gasteiger partial charge on any atom is -0.277 e. The van der Waals surface area contributed by atoms with Gasteiger partial charge in [-0.05, 0) is 12.1 Å². The fraction of sp³-hybridized carbons (Fsp3) is 0.0833. The zero-order chi connectivity index (χ0) is 13.1. The predicted molar refractivity (Wildman–Crippen MR) is 70.0 cm³/mol. The Hall–Kier alpha value is -1.72. The van der Waals surface area contributed by atoms with Crippen LogP contribution in [0.25, 0.3) is 0 Å². The first-order valence-electron chi connectivity index (χ1n) is 5.07. The summed E-state index contributed by atoms with van der Waals surface area (Å²) in [6, 6.07) is 6.84. The Morgan fingerprint density at radius 1 is 1.17 bits per heavy atom. The molecule has 6 heteroatoms. The number of carbonyl (C=O) groups is 2. The van der Waals surface area contributed by atoms with Gasteiger partial charge in [0.15, 0.2) is 4.47 Å². The number of amides is 2. The summed E-state index contributed by atoms with van der Waals surface area (Å²) in [5.74, 6) is -0.425. The summed E-state index contributed by atoms with van der Waals surface area (Å²) in [7, 11) is 1.49. The summed E-state index contributed by atoms with van der Waals surface area (Å²) in [4.78, 5) is 27.5. The standard InChI is InChI=1S/C9H7NO2.C3H2ClNS/c1-10-8(11)6-4-2-3-5-7(6)9(10)12;4-3-5-1-2-6-3/h2-5H,1H3;1-2H. The van der Waals surface area contributed by atoms with Gasteiger partial charge in [0.25, 0.3) is 11.8 Å². The van der Waals surface area contributed by atoms with Crippen molar-refractivity contribution in [3.63, 3.8) is 0 Å². The van der Waals surface area contributed by atoms with Gasteiger partial charge >= 0.3 is 0 Å². The number of fused-ring (bicyclic) bond motifs is 1. The largest absolute Gasteiger partial charge is 0.277 e. The predicted octanol–water partition coefficient (Wildman–Crippen LogP) is 2.71. The van der Waals surface area contributed by atoms with Crippen molar-refractivity contribution in [3.05, 3.63) is 51.4 Å². The van der Waals surface area contributed by atoms with E-state index in [-0.39, 0.29) is 11.8 Å². The van der Waals surface area contributed by atoms with Crippen LogP contribution in [0.1, 0.15) is 20.7 Å². The van der Waals surface area contributed by atoms with Crippen LogP contribution in [0.4, 0.5) is 0 Å². The Labute approximate surface area is 113 Å². The molecule has 1 aromatic heterocycles. The van der Waals surface area contributed by atoms with Crippen LogP contribution in [0.5, 0.6) is 0 Å². The van der Waals surface area contributed by atoms with Crippen molar-refractivity contribution in [2.24, 2.45) is 0 Å². The summed E-state index contributed by atoms with van der Waals surface area (Å²) in [5.41, 5.74) is 1.01. The highest BCUT2D eigenvalue weighted by Gasteiger charge is 2.31. The smallest absolute Gasteiger partial charge is 0.261 e. The minimum atomic E-state index is -0.212. The van der Waals surface area contributed by atoms with Gasteiger partial charge in [0.1, 0.15) is 0 Å². The third-order valence-electron chi connectivity index (χ3n) is 2.40. The molecule has 0 N–H and O–H groups in total. The zero-order valence-electron chi connectivity index (χ0n) is 9.46. The molecule has 18 heavy (non-hydrogen) atoms. The number of rotatable bonds is 0. The molecule has 3 rings (SSSR count). The average molecular weight is 281 g/mol. The number of benzene rings is 1. The Balaban J connectivity index is 0.000000169. The first kappa shape index (κ1) is 12.7. The number of nitrogens with zero attached hydrogens (tertiary/aromatic N) is 2. The quantitative estimate of drug-likeness (QED) is 0.697. The molecular formula is C12H9ClN2O2S. The van der Waals surface area contributed by atoms with E-state index in [0.717, 1.165) is 4.90 Å². The van der Waals surface area contributed by atoms with Gasteiger partial charge in [-0.15, -0.1) is 11.3 Å². The Bertz CT molecular complexity index is 549. The van der Waals surface area contributed by atoms with Crippen molar-refractivity contribution >= 4 is 34.8 Å². The third-order valence-corrected chi connectivity index (χ3v) is 3.32. The van der Waals surface area contributed by atoms with E-state index in [0.29, 0.717) is 15.6 Å². The number of aromatic nitrogens is 1. The van der Waals surface area contributed by atoms with Crippen molar-refractivity contribution < 1.29 is 9.59 Å². The van der Waals surface area contributed by atoms with E-state index in [1.165, 1.54) is 18.4 Å². The zero-order valence-corrected chi connectivity index (χ0v) is 11.0. The Morgan fingerprint density at radius 2 is 1.72 bits per heavy atom. The van der Waals surface area contributed by atoms with E-state index in [4.69, 9.17) is 11.6 Å². The molecule has 2 heterocycles. The third kappa shape index (κ3) is 2.42. The van der Waals surface area contributed by atoms with Crippen LogP contribution < -0.4 is 0 Å². The molecule has 0 spiro atoms. The van der Waals surface area contributed by atoms with Gasteiger partial charge in [-0.1, -0.05) is 23.7 Å². The molecular weight excluding hydrogens is 272 g/mol. The maximum atomic E-state index is 11.3. The number of hydrogen-bond donors (Lipinski definition) is 0. The van der Waals surface area contributed by atoms with Gasteiger partial charge in [0.2, 0.25) is 0 Å². The van der Waals surface area contributed by atoms with E-state index < -0.39 is 0 Å². The lowest BCUT2D eigenvalue weighted by Crippen LogP contribution is -2.24. The Morgan fingerprint density at radius 3 is 2.06 bits per heavy atom. The van der Waals surface area contributed by atoms with Gasteiger partial charge in [-0.2, -0.15) is 0 Å². The highest BCUT2D eigenvalue weighted by molar-refractivity contribution is 7.13. The Kier molecular flexibility index (Phi) is 3.74. The molecule has 92 valence electrons. The first-order chi connectivity index (χ1) is 8.61. The molecule has 1 aromatic carbocycles. The molecule has 0 aliphatic carbocycles. The van der Waals surface area contributed by atoms with Crippen LogP contribution in [0.2, 0.25) is 4.47 Å². The van der Waals surface area contributed by atoms with Crippen LogP contribution in [0.15, 0.2) is 35.8 Å². The van der Waals surface area contributed by atoms with E-state index in [1.54, 1.807) is 30.5 Å². The molecule has 2 amide bonds. The number of hydrogen-bond acceptors (Lipinski definition) is 4. The van der Waals surface area contributed by atoms with Crippen molar-refractivity contribution in [3.8, 4) is 0 Å².